The van der Waals surface area contributed by atoms with E-state index in [1.807, 2.05) is 0 Å². The number of hydrogen-bond acceptors (Lipinski definition) is 5. The Labute approximate surface area is 129 Å². The maximum atomic E-state index is 12.2. The second kappa shape index (κ2) is 7.17. The topological polar surface area (TPSA) is 107 Å². The Hall–Kier alpha value is -1.22. The van der Waals surface area contributed by atoms with E-state index in [0.29, 0.717) is 31.5 Å². The number of nitro groups is 1. The van der Waals surface area contributed by atoms with Crippen molar-refractivity contribution in [3.8, 4) is 0 Å². The molecule has 0 saturated carbocycles. The van der Waals surface area contributed by atoms with E-state index >= 15 is 0 Å². The molecule has 0 atom stereocenters. The van der Waals surface area contributed by atoms with Crippen molar-refractivity contribution in [1.29, 1.82) is 0 Å². The molecule has 0 radical (unpaired) electrons. The molecular weight excluding hydrogens is 318 g/mol. The summed E-state index contributed by atoms with van der Waals surface area (Å²) in [6.07, 6.45) is 1.33. The first-order valence-electron chi connectivity index (χ1n) is 6.35. The lowest BCUT2D eigenvalue weighted by atomic mass is 10.1. The van der Waals surface area contributed by atoms with Gasteiger partial charge in [-0.1, -0.05) is 12.1 Å². The lowest BCUT2D eigenvalue weighted by Crippen LogP contribution is -2.43. The highest BCUT2D eigenvalue weighted by atomic mass is 35.5. The number of nitro benzene ring substituents is 1. The van der Waals surface area contributed by atoms with Crippen LogP contribution >= 0.6 is 12.4 Å². The molecule has 0 aromatic heterocycles. The molecule has 1 aliphatic rings. The molecule has 118 valence electrons. The van der Waals surface area contributed by atoms with Crippen molar-refractivity contribution in [2.45, 2.75) is 24.6 Å². The molecule has 1 heterocycles. The van der Waals surface area contributed by atoms with E-state index < -0.39 is 14.9 Å². The molecule has 0 unspecified atom stereocenters. The Morgan fingerprint density at radius 2 is 1.76 bits per heavy atom. The summed E-state index contributed by atoms with van der Waals surface area (Å²) < 4.78 is 25.9. The van der Waals surface area contributed by atoms with Crippen LogP contribution in [0.15, 0.2) is 24.3 Å². The van der Waals surface area contributed by atoms with Gasteiger partial charge >= 0.3 is 0 Å². The molecule has 1 saturated heterocycles. The number of nitrogens with two attached hydrogens (primary N) is 1. The van der Waals surface area contributed by atoms with Crippen LogP contribution in [0.4, 0.5) is 5.69 Å². The minimum absolute atomic E-state index is 0. The highest BCUT2D eigenvalue weighted by Gasteiger charge is 2.26. The average molecular weight is 336 g/mol. The summed E-state index contributed by atoms with van der Waals surface area (Å²) in [4.78, 5) is 10.0. The number of rotatable bonds is 4. The summed E-state index contributed by atoms with van der Waals surface area (Å²) in [6.45, 7) is 0.882. The second-order valence-corrected chi connectivity index (χ2v) is 6.89. The van der Waals surface area contributed by atoms with Gasteiger partial charge in [-0.25, -0.2) is 12.7 Å². The third kappa shape index (κ3) is 4.63. The van der Waals surface area contributed by atoms with Gasteiger partial charge < -0.3 is 5.73 Å². The fourth-order valence-corrected chi connectivity index (χ4v) is 3.73. The van der Waals surface area contributed by atoms with Gasteiger partial charge in [-0.05, 0) is 18.4 Å². The predicted octanol–water partition coefficient (Wildman–Crippen LogP) is 1.27. The monoisotopic (exact) mass is 335 g/mol. The Morgan fingerprint density at radius 3 is 2.24 bits per heavy atom. The first-order chi connectivity index (χ1) is 9.38. The number of sulfonamides is 1. The van der Waals surface area contributed by atoms with Gasteiger partial charge in [0.15, 0.2) is 0 Å². The van der Waals surface area contributed by atoms with Crippen LogP contribution in [0.1, 0.15) is 18.4 Å². The zero-order chi connectivity index (χ0) is 14.8. The van der Waals surface area contributed by atoms with Crippen LogP contribution in [0.2, 0.25) is 0 Å². The van der Waals surface area contributed by atoms with Crippen molar-refractivity contribution in [1.82, 2.24) is 4.31 Å². The minimum atomic E-state index is -3.38. The van der Waals surface area contributed by atoms with E-state index in [0.717, 1.165) is 0 Å². The molecule has 7 nitrogen and oxygen atoms in total. The van der Waals surface area contributed by atoms with Crippen molar-refractivity contribution < 1.29 is 13.3 Å². The Bertz CT molecular complexity index is 583. The van der Waals surface area contributed by atoms with Crippen LogP contribution in [0.3, 0.4) is 0 Å². The number of hydrogen-bond donors (Lipinski definition) is 1. The quantitative estimate of drug-likeness (QED) is 0.658. The van der Waals surface area contributed by atoms with Crippen LogP contribution in [-0.4, -0.2) is 36.8 Å². The third-order valence-corrected chi connectivity index (χ3v) is 5.24. The standard InChI is InChI=1S/C12H17N3O4S.ClH/c13-11-5-7-14(8-6-11)20(18,19)9-10-1-3-12(4-2-10)15(16)17;/h1-4,11H,5-9,13H2;1H. The van der Waals surface area contributed by atoms with E-state index in [1.165, 1.54) is 28.6 Å². The molecule has 0 amide bonds. The second-order valence-electron chi connectivity index (χ2n) is 4.92. The third-order valence-electron chi connectivity index (χ3n) is 3.39. The van der Waals surface area contributed by atoms with Gasteiger partial charge in [0.1, 0.15) is 0 Å². The maximum Gasteiger partial charge on any atom is 0.269 e. The SMILES string of the molecule is Cl.NC1CCN(S(=O)(=O)Cc2ccc([N+](=O)[O-])cc2)CC1. The zero-order valence-corrected chi connectivity index (χ0v) is 13.0. The molecule has 1 aromatic rings. The van der Waals surface area contributed by atoms with Gasteiger partial charge in [0, 0.05) is 31.3 Å². The van der Waals surface area contributed by atoms with Gasteiger partial charge in [-0.3, -0.25) is 10.1 Å². The number of non-ortho nitro benzene ring substituents is 1. The molecule has 9 heteroatoms. The predicted molar refractivity (Wildman–Crippen MR) is 81.8 cm³/mol. The fourth-order valence-electron chi connectivity index (χ4n) is 2.17. The van der Waals surface area contributed by atoms with E-state index in [-0.39, 0.29) is 29.9 Å². The molecule has 2 rings (SSSR count). The summed E-state index contributed by atoms with van der Waals surface area (Å²) in [5, 5.41) is 10.5. The van der Waals surface area contributed by atoms with E-state index in [9.17, 15) is 18.5 Å². The Balaban J connectivity index is 0.00000220. The summed E-state index contributed by atoms with van der Waals surface area (Å²) in [5.41, 5.74) is 6.25. The summed E-state index contributed by atoms with van der Waals surface area (Å²) >= 11 is 0. The van der Waals surface area contributed by atoms with Gasteiger partial charge in [0.05, 0.1) is 10.7 Å². The number of benzene rings is 1. The average Bonchev–Trinajstić information content (AvgIpc) is 2.39. The molecule has 0 aliphatic carbocycles. The van der Waals surface area contributed by atoms with E-state index in [1.54, 1.807) is 0 Å². The van der Waals surface area contributed by atoms with Crippen molar-refractivity contribution >= 4 is 28.1 Å². The van der Waals surface area contributed by atoms with E-state index in [4.69, 9.17) is 5.73 Å². The molecule has 2 N–H and O–H groups in total. The summed E-state index contributed by atoms with van der Waals surface area (Å²) in [6, 6.07) is 5.66. The van der Waals surface area contributed by atoms with Crippen molar-refractivity contribution in [3.05, 3.63) is 39.9 Å². The van der Waals surface area contributed by atoms with Gasteiger partial charge in [-0.15, -0.1) is 12.4 Å². The lowest BCUT2D eigenvalue weighted by Gasteiger charge is -2.29. The lowest BCUT2D eigenvalue weighted by molar-refractivity contribution is -0.384. The van der Waals surface area contributed by atoms with Crippen molar-refractivity contribution in [3.63, 3.8) is 0 Å². The molecule has 1 fully saturated rings. The number of piperidine rings is 1. The molecular formula is C12H18ClN3O4S. The molecule has 0 spiro atoms. The highest BCUT2D eigenvalue weighted by molar-refractivity contribution is 7.88. The van der Waals surface area contributed by atoms with Crippen LogP contribution < -0.4 is 5.73 Å². The molecule has 21 heavy (non-hydrogen) atoms. The largest absolute Gasteiger partial charge is 0.328 e. The van der Waals surface area contributed by atoms with Crippen LogP contribution in [-0.2, 0) is 15.8 Å². The first kappa shape index (κ1) is 17.8. The van der Waals surface area contributed by atoms with Crippen molar-refractivity contribution in [2.24, 2.45) is 5.73 Å². The normalized spacial score (nSPS) is 17.2. The van der Waals surface area contributed by atoms with E-state index in [2.05, 4.69) is 0 Å². The van der Waals surface area contributed by atoms with Crippen LogP contribution in [0, 0.1) is 10.1 Å². The Morgan fingerprint density at radius 1 is 1.24 bits per heavy atom. The number of nitrogens with zero attached hydrogens (tertiary/aromatic N) is 2. The number of halogens is 1. The zero-order valence-electron chi connectivity index (χ0n) is 11.3. The van der Waals surface area contributed by atoms with Crippen LogP contribution in [0.25, 0.3) is 0 Å². The molecule has 0 bridgehead atoms. The van der Waals surface area contributed by atoms with Crippen LogP contribution in [0.5, 0.6) is 0 Å². The van der Waals surface area contributed by atoms with Crippen molar-refractivity contribution in [2.75, 3.05) is 13.1 Å². The van der Waals surface area contributed by atoms with Gasteiger partial charge in [0.25, 0.3) is 5.69 Å². The molecule has 1 aromatic carbocycles. The Kier molecular flexibility index (Phi) is 6.09. The van der Waals surface area contributed by atoms with Gasteiger partial charge in [0.2, 0.25) is 10.0 Å². The summed E-state index contributed by atoms with van der Waals surface area (Å²) in [7, 11) is -3.38. The van der Waals surface area contributed by atoms with Gasteiger partial charge in [-0.2, -0.15) is 0 Å². The maximum absolute atomic E-state index is 12.2. The first-order valence-corrected chi connectivity index (χ1v) is 7.96. The smallest absolute Gasteiger partial charge is 0.269 e. The molecule has 1 aliphatic heterocycles. The summed E-state index contributed by atoms with van der Waals surface area (Å²) in [5.74, 6) is -0.139. The minimum Gasteiger partial charge on any atom is -0.328 e. The fraction of sp³-hybridized carbons (Fsp3) is 0.500. The highest BCUT2D eigenvalue weighted by Crippen LogP contribution is 2.18.